The van der Waals surface area contributed by atoms with Crippen LogP contribution in [-0.2, 0) is 37.3 Å². The lowest BCUT2D eigenvalue weighted by molar-refractivity contribution is -0.133. The molecule has 1 aromatic carbocycles. The van der Waals surface area contributed by atoms with Crippen LogP contribution in [0, 0.1) is 0 Å². The molecule has 9 heteroatoms. The first kappa shape index (κ1) is 21.4. The molecule has 2 aliphatic heterocycles. The van der Waals surface area contributed by atoms with Crippen molar-refractivity contribution < 1.29 is 22.7 Å². The Morgan fingerprint density at radius 2 is 2.00 bits per heavy atom. The summed E-state index contributed by atoms with van der Waals surface area (Å²) in [6.45, 7) is 4.72. The van der Waals surface area contributed by atoms with E-state index >= 15 is 0 Å². The number of rotatable bonds is 7. The van der Waals surface area contributed by atoms with Gasteiger partial charge in [0.05, 0.1) is 30.3 Å². The molecule has 0 aromatic heterocycles. The summed E-state index contributed by atoms with van der Waals surface area (Å²) in [6, 6.07) is 7.24. The predicted octanol–water partition coefficient (Wildman–Crippen LogP) is 1.39. The Bertz CT molecular complexity index is 910. The highest BCUT2D eigenvalue weighted by Gasteiger charge is 2.37. The standard InChI is InChI=1S/C20H27N3O5S/c1-14(2)28-12-16-6-4-3-5-15(16)11-21-20(25)18-7-8-19(24)23(22-18)17-9-10-29(26,27)13-17/h3-6,14,17H,7-13H2,1-2H3,(H,21,25). The first-order valence-corrected chi connectivity index (χ1v) is 11.6. The quantitative estimate of drug-likeness (QED) is 0.716. The van der Waals surface area contributed by atoms with E-state index in [9.17, 15) is 18.0 Å². The second-order valence-corrected chi connectivity index (χ2v) is 9.88. The van der Waals surface area contributed by atoms with Gasteiger partial charge >= 0.3 is 0 Å². The van der Waals surface area contributed by atoms with E-state index in [1.807, 2.05) is 38.1 Å². The Morgan fingerprint density at radius 3 is 2.66 bits per heavy atom. The van der Waals surface area contributed by atoms with Gasteiger partial charge in [-0.25, -0.2) is 13.4 Å². The fourth-order valence-corrected chi connectivity index (χ4v) is 5.08. The highest BCUT2D eigenvalue weighted by atomic mass is 32.2. The minimum atomic E-state index is -3.14. The zero-order valence-corrected chi connectivity index (χ0v) is 17.6. The summed E-state index contributed by atoms with van der Waals surface area (Å²) in [4.78, 5) is 24.8. The summed E-state index contributed by atoms with van der Waals surface area (Å²) in [6.07, 6.45) is 0.868. The van der Waals surface area contributed by atoms with Crippen molar-refractivity contribution in [3.63, 3.8) is 0 Å². The maximum atomic E-state index is 12.6. The molecule has 1 aromatic rings. The summed E-state index contributed by atoms with van der Waals surface area (Å²) in [5.41, 5.74) is 2.21. The molecule has 158 valence electrons. The van der Waals surface area contributed by atoms with Crippen LogP contribution in [0.1, 0.15) is 44.2 Å². The van der Waals surface area contributed by atoms with Crippen LogP contribution < -0.4 is 5.32 Å². The number of sulfone groups is 1. The Hall–Kier alpha value is -2.26. The van der Waals surface area contributed by atoms with E-state index in [-0.39, 0.29) is 48.0 Å². The highest BCUT2D eigenvalue weighted by Crippen LogP contribution is 2.22. The summed E-state index contributed by atoms with van der Waals surface area (Å²) in [5, 5.41) is 8.26. The van der Waals surface area contributed by atoms with Crippen LogP contribution in [0.2, 0.25) is 0 Å². The molecule has 0 bridgehead atoms. The van der Waals surface area contributed by atoms with Gasteiger partial charge in [-0.05, 0) is 31.4 Å². The van der Waals surface area contributed by atoms with Crippen LogP contribution in [0.15, 0.2) is 29.4 Å². The van der Waals surface area contributed by atoms with Crippen molar-refractivity contribution in [1.82, 2.24) is 10.3 Å². The molecule has 2 amide bonds. The van der Waals surface area contributed by atoms with Crippen molar-refractivity contribution >= 4 is 27.4 Å². The minimum absolute atomic E-state index is 0.0493. The highest BCUT2D eigenvalue weighted by molar-refractivity contribution is 7.91. The molecular weight excluding hydrogens is 394 g/mol. The van der Waals surface area contributed by atoms with Gasteiger partial charge < -0.3 is 10.1 Å². The maximum absolute atomic E-state index is 12.6. The van der Waals surface area contributed by atoms with Gasteiger partial charge in [0.15, 0.2) is 9.84 Å². The zero-order chi connectivity index (χ0) is 21.0. The lowest BCUT2D eigenvalue weighted by Crippen LogP contribution is -2.43. The number of nitrogens with zero attached hydrogens (tertiary/aromatic N) is 2. The van der Waals surface area contributed by atoms with E-state index in [0.717, 1.165) is 11.1 Å². The Balaban J connectivity index is 1.65. The monoisotopic (exact) mass is 421 g/mol. The fraction of sp³-hybridized carbons (Fsp3) is 0.550. The SMILES string of the molecule is CC(C)OCc1ccccc1CNC(=O)C1=NN(C2CCS(=O)(=O)C2)C(=O)CC1. The third-order valence-electron chi connectivity index (χ3n) is 5.01. The van der Waals surface area contributed by atoms with E-state index in [2.05, 4.69) is 10.4 Å². The van der Waals surface area contributed by atoms with E-state index in [1.165, 1.54) is 5.01 Å². The third kappa shape index (κ3) is 5.63. The van der Waals surface area contributed by atoms with Gasteiger partial charge in [-0.3, -0.25) is 9.59 Å². The number of hydrogen-bond donors (Lipinski definition) is 1. The van der Waals surface area contributed by atoms with Crippen LogP contribution in [-0.4, -0.2) is 54.6 Å². The maximum Gasteiger partial charge on any atom is 0.267 e. The second kappa shape index (κ2) is 9.04. The smallest absolute Gasteiger partial charge is 0.267 e. The summed E-state index contributed by atoms with van der Waals surface area (Å²) >= 11 is 0. The van der Waals surface area contributed by atoms with Gasteiger partial charge in [0.1, 0.15) is 5.71 Å². The van der Waals surface area contributed by atoms with E-state index in [4.69, 9.17) is 4.74 Å². The first-order valence-electron chi connectivity index (χ1n) is 9.82. The molecule has 1 N–H and O–H groups in total. The number of benzene rings is 1. The normalized spacial score (nSPS) is 21.3. The van der Waals surface area contributed by atoms with Crippen LogP contribution in [0.4, 0.5) is 0 Å². The molecule has 3 rings (SSSR count). The van der Waals surface area contributed by atoms with Crippen LogP contribution >= 0.6 is 0 Å². The number of hydrogen-bond acceptors (Lipinski definition) is 6. The predicted molar refractivity (Wildman–Crippen MR) is 109 cm³/mol. The van der Waals surface area contributed by atoms with Crippen molar-refractivity contribution in [3.8, 4) is 0 Å². The number of carbonyl (C=O) groups excluding carboxylic acids is 2. The fourth-order valence-electron chi connectivity index (χ4n) is 3.39. The number of carbonyl (C=O) groups is 2. The summed E-state index contributed by atoms with van der Waals surface area (Å²) < 4.78 is 29.1. The Kier molecular flexibility index (Phi) is 6.69. The van der Waals surface area contributed by atoms with Crippen molar-refractivity contribution in [3.05, 3.63) is 35.4 Å². The van der Waals surface area contributed by atoms with Crippen molar-refractivity contribution in [2.45, 2.75) is 58.4 Å². The number of amides is 2. The lowest BCUT2D eigenvalue weighted by Gasteiger charge is -2.27. The van der Waals surface area contributed by atoms with E-state index in [0.29, 0.717) is 19.6 Å². The molecule has 2 heterocycles. The molecule has 8 nitrogen and oxygen atoms in total. The van der Waals surface area contributed by atoms with Crippen molar-refractivity contribution in [1.29, 1.82) is 0 Å². The first-order chi connectivity index (χ1) is 13.7. The van der Waals surface area contributed by atoms with Crippen LogP contribution in [0.25, 0.3) is 0 Å². The average molecular weight is 422 g/mol. The molecule has 1 fully saturated rings. The third-order valence-corrected chi connectivity index (χ3v) is 6.76. The second-order valence-electron chi connectivity index (χ2n) is 7.65. The molecule has 2 aliphatic rings. The van der Waals surface area contributed by atoms with Gasteiger partial charge in [0.2, 0.25) is 5.91 Å². The lowest BCUT2D eigenvalue weighted by atomic mass is 10.1. The van der Waals surface area contributed by atoms with Crippen molar-refractivity contribution in [2.75, 3.05) is 11.5 Å². The molecule has 1 saturated heterocycles. The van der Waals surface area contributed by atoms with E-state index in [1.54, 1.807) is 0 Å². The molecule has 0 spiro atoms. The molecule has 1 atom stereocenters. The zero-order valence-electron chi connectivity index (χ0n) is 16.8. The Labute approximate surface area is 171 Å². The summed E-state index contributed by atoms with van der Waals surface area (Å²) in [5.74, 6) is -0.628. The molecule has 0 aliphatic carbocycles. The van der Waals surface area contributed by atoms with Crippen LogP contribution in [0.3, 0.4) is 0 Å². The van der Waals surface area contributed by atoms with E-state index < -0.39 is 15.9 Å². The molecule has 0 saturated carbocycles. The largest absolute Gasteiger partial charge is 0.374 e. The summed E-state index contributed by atoms with van der Waals surface area (Å²) in [7, 11) is -3.14. The van der Waals surface area contributed by atoms with Crippen LogP contribution in [0.5, 0.6) is 0 Å². The Morgan fingerprint density at radius 1 is 1.28 bits per heavy atom. The number of nitrogens with one attached hydrogen (secondary N) is 1. The van der Waals surface area contributed by atoms with Gasteiger partial charge in [-0.1, -0.05) is 24.3 Å². The van der Waals surface area contributed by atoms with Gasteiger partial charge in [0.25, 0.3) is 5.91 Å². The molecular formula is C20H27N3O5S. The van der Waals surface area contributed by atoms with Gasteiger partial charge in [-0.15, -0.1) is 0 Å². The minimum Gasteiger partial charge on any atom is -0.374 e. The topological polar surface area (TPSA) is 105 Å². The molecule has 0 radical (unpaired) electrons. The van der Waals surface area contributed by atoms with Gasteiger partial charge in [0, 0.05) is 19.4 Å². The number of hydrazone groups is 1. The van der Waals surface area contributed by atoms with Gasteiger partial charge in [-0.2, -0.15) is 5.10 Å². The molecule has 1 unspecified atom stereocenters. The van der Waals surface area contributed by atoms with Crippen molar-refractivity contribution in [2.24, 2.45) is 5.10 Å². The number of ether oxygens (including phenoxy) is 1. The average Bonchev–Trinajstić information content (AvgIpc) is 3.05. The molecule has 29 heavy (non-hydrogen) atoms.